The van der Waals surface area contributed by atoms with E-state index in [9.17, 15) is 31.1 Å². The Hall–Kier alpha value is -1.73. The number of ether oxygens (including phenoxy) is 1. The van der Waals surface area contributed by atoms with E-state index in [0.29, 0.717) is 0 Å². The molecule has 0 aliphatic heterocycles. The number of carbonyl (C=O) groups excluding carboxylic acids is 1. The van der Waals surface area contributed by atoms with Crippen LogP contribution in [0, 0.1) is 5.92 Å². The molecule has 2 nitrogen and oxygen atoms in total. The number of hydrogen-bond donors (Lipinski definition) is 0. The van der Waals surface area contributed by atoms with E-state index in [0.717, 1.165) is 0 Å². The summed E-state index contributed by atoms with van der Waals surface area (Å²) in [5.41, 5.74) is 0.227. The molecule has 0 bridgehead atoms. The van der Waals surface area contributed by atoms with Crippen molar-refractivity contribution in [3.8, 4) is 0 Å². The zero-order valence-corrected chi connectivity index (χ0v) is 11.4. The van der Waals surface area contributed by atoms with Crippen molar-refractivity contribution in [2.45, 2.75) is 31.6 Å². The van der Waals surface area contributed by atoms with E-state index in [-0.39, 0.29) is 18.6 Å². The van der Waals surface area contributed by atoms with E-state index >= 15 is 0 Å². The van der Waals surface area contributed by atoms with Gasteiger partial charge < -0.3 is 4.74 Å². The molecule has 0 radical (unpaired) electrons. The topological polar surface area (TPSA) is 26.3 Å². The molecule has 22 heavy (non-hydrogen) atoms. The molecule has 0 aliphatic carbocycles. The maximum atomic E-state index is 12.5. The van der Waals surface area contributed by atoms with Crippen molar-refractivity contribution in [1.82, 2.24) is 0 Å². The lowest BCUT2D eigenvalue weighted by molar-refractivity contribution is -0.220. The second-order valence-corrected chi connectivity index (χ2v) is 4.70. The molecule has 0 saturated heterocycles. The summed E-state index contributed by atoms with van der Waals surface area (Å²) in [7, 11) is 0. The van der Waals surface area contributed by atoms with Crippen LogP contribution in [0.2, 0.25) is 0 Å². The summed E-state index contributed by atoms with van der Waals surface area (Å²) < 4.78 is 78.5. The van der Waals surface area contributed by atoms with E-state index in [1.807, 2.05) is 0 Å². The molecule has 1 aromatic rings. The van der Waals surface area contributed by atoms with Gasteiger partial charge in [0, 0.05) is 0 Å². The number of rotatable bonds is 6. The van der Waals surface area contributed by atoms with Crippen LogP contribution in [0.1, 0.15) is 29.6 Å². The van der Waals surface area contributed by atoms with Crippen LogP contribution in [-0.2, 0) is 4.74 Å². The van der Waals surface area contributed by atoms with Gasteiger partial charge in [-0.1, -0.05) is 18.2 Å². The van der Waals surface area contributed by atoms with Crippen LogP contribution in [0.25, 0.3) is 0 Å². The molecule has 8 heteroatoms. The first-order valence-corrected chi connectivity index (χ1v) is 6.45. The summed E-state index contributed by atoms with van der Waals surface area (Å²) >= 11 is 0. The van der Waals surface area contributed by atoms with Gasteiger partial charge in [0.25, 0.3) is 0 Å². The Morgan fingerprint density at radius 3 is 2.14 bits per heavy atom. The van der Waals surface area contributed by atoms with Gasteiger partial charge in [0.1, 0.15) is 0 Å². The molecule has 1 atom stereocenters. The molecule has 0 saturated carbocycles. The van der Waals surface area contributed by atoms with Crippen molar-refractivity contribution >= 4 is 5.97 Å². The van der Waals surface area contributed by atoms with Crippen LogP contribution >= 0.6 is 0 Å². The molecule has 0 amide bonds. The van der Waals surface area contributed by atoms with Crippen molar-refractivity contribution in [2.75, 3.05) is 6.61 Å². The second-order valence-electron chi connectivity index (χ2n) is 4.70. The fourth-order valence-electron chi connectivity index (χ4n) is 1.81. The van der Waals surface area contributed by atoms with E-state index in [2.05, 4.69) is 0 Å². The predicted octanol–water partition coefficient (Wildman–Crippen LogP) is 4.75. The molecule has 1 unspecified atom stereocenters. The van der Waals surface area contributed by atoms with Crippen molar-refractivity contribution in [3.05, 3.63) is 35.9 Å². The summed E-state index contributed by atoms with van der Waals surface area (Å²) in [6.07, 6.45) is -12.8. The van der Waals surface area contributed by atoms with Gasteiger partial charge in [-0.3, -0.25) is 0 Å². The fraction of sp³-hybridized carbons (Fsp3) is 0.500. The number of esters is 1. The third-order valence-electron chi connectivity index (χ3n) is 2.88. The highest BCUT2D eigenvalue weighted by Gasteiger charge is 2.45. The Labute approximate surface area is 123 Å². The van der Waals surface area contributed by atoms with E-state index in [4.69, 9.17) is 4.74 Å². The molecule has 0 N–H and O–H groups in total. The minimum absolute atomic E-state index is 0.227. The Balaban J connectivity index is 2.42. The highest BCUT2D eigenvalue weighted by atomic mass is 19.4. The molecule has 1 aromatic carbocycles. The quantitative estimate of drug-likeness (QED) is 0.428. The van der Waals surface area contributed by atoms with Gasteiger partial charge in [0.2, 0.25) is 0 Å². The van der Waals surface area contributed by atoms with Gasteiger partial charge in [-0.05, 0) is 25.0 Å². The fourth-order valence-corrected chi connectivity index (χ4v) is 1.81. The van der Waals surface area contributed by atoms with Gasteiger partial charge in [-0.15, -0.1) is 0 Å². The smallest absolute Gasteiger partial charge is 0.392 e. The minimum atomic E-state index is -4.93. The lowest BCUT2D eigenvalue weighted by Gasteiger charge is -2.21. The summed E-state index contributed by atoms with van der Waals surface area (Å²) in [5.74, 6) is -3.21. The van der Waals surface area contributed by atoms with Crippen LogP contribution in [0.4, 0.5) is 26.3 Å². The van der Waals surface area contributed by atoms with Gasteiger partial charge in [0.15, 0.2) is 0 Å². The Morgan fingerprint density at radius 1 is 1.05 bits per heavy atom. The third kappa shape index (κ3) is 6.82. The van der Waals surface area contributed by atoms with Crippen molar-refractivity contribution in [3.63, 3.8) is 0 Å². The lowest BCUT2D eigenvalue weighted by atomic mass is 9.99. The monoisotopic (exact) mass is 328 g/mol. The average molecular weight is 328 g/mol. The zero-order valence-electron chi connectivity index (χ0n) is 11.4. The normalized spacial score (nSPS) is 13.7. The second kappa shape index (κ2) is 7.51. The summed E-state index contributed by atoms with van der Waals surface area (Å²) in [6, 6.07) is 7.76. The maximum Gasteiger partial charge on any atom is 0.392 e. The van der Waals surface area contributed by atoms with Crippen molar-refractivity contribution in [1.29, 1.82) is 0 Å². The Morgan fingerprint density at radius 2 is 1.64 bits per heavy atom. The van der Waals surface area contributed by atoms with Crippen molar-refractivity contribution in [2.24, 2.45) is 5.92 Å². The van der Waals surface area contributed by atoms with Gasteiger partial charge >= 0.3 is 18.3 Å². The predicted molar refractivity (Wildman–Crippen MR) is 66.2 cm³/mol. The van der Waals surface area contributed by atoms with Gasteiger partial charge in [-0.2, -0.15) is 26.3 Å². The Bertz CT molecular complexity index is 466. The highest BCUT2D eigenvalue weighted by molar-refractivity contribution is 5.89. The van der Waals surface area contributed by atoms with Gasteiger partial charge in [-0.25, -0.2) is 4.79 Å². The van der Waals surface area contributed by atoms with Crippen molar-refractivity contribution < 1.29 is 35.9 Å². The number of hydrogen-bond acceptors (Lipinski definition) is 2. The van der Waals surface area contributed by atoms with E-state index in [1.54, 1.807) is 18.2 Å². The molecule has 0 spiro atoms. The number of benzene rings is 1. The third-order valence-corrected chi connectivity index (χ3v) is 2.88. The summed E-state index contributed by atoms with van der Waals surface area (Å²) in [4.78, 5) is 11.5. The average Bonchev–Trinajstić information content (AvgIpc) is 2.40. The van der Waals surface area contributed by atoms with Crippen LogP contribution in [-0.4, -0.2) is 24.9 Å². The first kappa shape index (κ1) is 18.3. The first-order chi connectivity index (χ1) is 10.1. The molecule has 0 heterocycles. The Kier molecular flexibility index (Phi) is 6.25. The molecule has 0 aliphatic rings. The molecule has 0 aromatic heterocycles. The van der Waals surface area contributed by atoms with Crippen LogP contribution in [0.15, 0.2) is 30.3 Å². The summed E-state index contributed by atoms with van der Waals surface area (Å²) in [5, 5.41) is 0. The highest BCUT2D eigenvalue weighted by Crippen LogP contribution is 2.38. The minimum Gasteiger partial charge on any atom is -0.462 e. The lowest BCUT2D eigenvalue weighted by Crippen LogP contribution is -2.28. The maximum absolute atomic E-state index is 12.5. The molecule has 1 rings (SSSR count). The largest absolute Gasteiger partial charge is 0.462 e. The number of carbonyl (C=O) groups is 1. The summed E-state index contributed by atoms with van der Waals surface area (Å²) in [6.45, 7) is -0.363. The SMILES string of the molecule is O=C(OCCCC(CC(F)(F)F)C(F)(F)F)c1ccccc1. The van der Waals surface area contributed by atoms with Gasteiger partial charge in [0.05, 0.1) is 24.5 Å². The van der Waals surface area contributed by atoms with Crippen LogP contribution in [0.3, 0.4) is 0 Å². The molecular weight excluding hydrogens is 314 g/mol. The number of alkyl halides is 6. The molecular formula is C14H14F6O2. The standard InChI is InChI=1S/C14H14F6O2/c15-13(16,17)9-11(14(18,19)20)7-4-8-22-12(21)10-5-2-1-3-6-10/h1-3,5-6,11H,4,7-9H2. The van der Waals surface area contributed by atoms with Crippen LogP contribution < -0.4 is 0 Å². The first-order valence-electron chi connectivity index (χ1n) is 6.45. The molecule has 0 fully saturated rings. The van der Waals surface area contributed by atoms with E-state index < -0.39 is 37.1 Å². The molecule has 124 valence electrons. The zero-order chi connectivity index (χ0) is 16.8. The van der Waals surface area contributed by atoms with Crippen LogP contribution in [0.5, 0.6) is 0 Å². The number of halogens is 6. The van der Waals surface area contributed by atoms with E-state index in [1.165, 1.54) is 12.1 Å².